The summed E-state index contributed by atoms with van der Waals surface area (Å²) in [6.07, 6.45) is 97.4. The highest BCUT2D eigenvalue weighted by Crippen LogP contribution is 2.16. The second-order valence-electron chi connectivity index (χ2n) is 22.3. The molecule has 0 aliphatic heterocycles. The number of unbranched alkanes of at least 4 members (excludes halogenated alkanes) is 28. The molecule has 0 fully saturated rings. The number of carbonyl (C=O) groups is 3. The highest BCUT2D eigenvalue weighted by molar-refractivity contribution is 5.71. The Bertz CT molecular complexity index is 1730. The Kier molecular flexibility index (Phi) is 65.3. The lowest BCUT2D eigenvalue weighted by Crippen LogP contribution is -2.30. The van der Waals surface area contributed by atoms with E-state index >= 15 is 0 Å². The summed E-state index contributed by atoms with van der Waals surface area (Å²) >= 11 is 0. The molecule has 0 saturated carbocycles. The van der Waals surface area contributed by atoms with E-state index in [9.17, 15) is 14.4 Å². The lowest BCUT2D eigenvalue weighted by molar-refractivity contribution is -0.167. The minimum absolute atomic E-state index is 0.0920. The summed E-state index contributed by atoms with van der Waals surface area (Å²) in [7, 11) is 0. The Labute approximate surface area is 506 Å². The van der Waals surface area contributed by atoms with Gasteiger partial charge in [-0.1, -0.05) is 309 Å². The van der Waals surface area contributed by atoms with Crippen LogP contribution in [0.5, 0.6) is 0 Å². The third-order valence-corrected chi connectivity index (χ3v) is 14.4. The van der Waals surface area contributed by atoms with Crippen molar-refractivity contribution in [3.05, 3.63) is 134 Å². The molecule has 0 spiro atoms. The summed E-state index contributed by atoms with van der Waals surface area (Å²) in [5.74, 6) is -0.917. The molecule has 0 amide bonds. The van der Waals surface area contributed by atoms with Gasteiger partial charge in [-0.05, 0) is 116 Å². The van der Waals surface area contributed by atoms with Gasteiger partial charge >= 0.3 is 17.9 Å². The van der Waals surface area contributed by atoms with E-state index in [0.29, 0.717) is 19.3 Å². The summed E-state index contributed by atoms with van der Waals surface area (Å²) in [5, 5.41) is 0. The first-order valence-corrected chi connectivity index (χ1v) is 34.2. The van der Waals surface area contributed by atoms with Crippen molar-refractivity contribution in [3.63, 3.8) is 0 Å². The van der Waals surface area contributed by atoms with E-state index in [1.54, 1.807) is 0 Å². The lowest BCUT2D eigenvalue weighted by atomic mass is 10.0. The van der Waals surface area contributed by atoms with Gasteiger partial charge in [0, 0.05) is 19.3 Å². The maximum absolute atomic E-state index is 13.0. The quantitative estimate of drug-likeness (QED) is 0.0261. The van der Waals surface area contributed by atoms with Crippen LogP contribution in [0.2, 0.25) is 0 Å². The second-order valence-corrected chi connectivity index (χ2v) is 22.3. The highest BCUT2D eigenvalue weighted by atomic mass is 16.6. The van der Waals surface area contributed by atoms with E-state index in [-0.39, 0.29) is 31.1 Å². The molecule has 0 heterocycles. The first-order chi connectivity index (χ1) is 40.5. The van der Waals surface area contributed by atoms with Gasteiger partial charge in [0.2, 0.25) is 0 Å². The standard InChI is InChI=1S/C76H126O6/c1-4-7-10-13-16-19-22-25-28-31-34-36-37-38-39-41-42-45-48-51-54-57-60-63-66-69-75(78)81-72-73(71-80-74(77)68-65-62-59-56-53-50-47-44-33-30-27-24-21-18-15-12-9-6-3)82-76(79)70-67-64-61-58-55-52-49-46-43-40-35-32-29-26-23-20-17-14-11-8-5-2/h7-8,10-11,16-17,19-20,25-26,28-29,34-36,38-40,42,45-46,49,73H,4-6,9,12-15,18,21-24,27,30-33,37,41,43-44,47-48,50-72H2,1-3H3/b10-7-,11-8-,19-16-,20-17-,28-25-,29-26-,36-34-,39-38-,40-35-,45-42-,49-46-. The Morgan fingerprint density at radius 1 is 0.256 bits per heavy atom. The number of allylic oxidation sites excluding steroid dienone is 22. The van der Waals surface area contributed by atoms with E-state index < -0.39 is 6.10 Å². The van der Waals surface area contributed by atoms with Crippen molar-refractivity contribution < 1.29 is 28.6 Å². The fourth-order valence-electron chi connectivity index (χ4n) is 9.36. The largest absolute Gasteiger partial charge is 0.462 e. The van der Waals surface area contributed by atoms with Gasteiger partial charge in [-0.15, -0.1) is 0 Å². The van der Waals surface area contributed by atoms with Gasteiger partial charge in [-0.3, -0.25) is 14.4 Å². The smallest absolute Gasteiger partial charge is 0.306 e. The van der Waals surface area contributed by atoms with Crippen LogP contribution in [-0.4, -0.2) is 37.2 Å². The molecule has 6 nitrogen and oxygen atoms in total. The fourth-order valence-corrected chi connectivity index (χ4v) is 9.36. The minimum atomic E-state index is -0.801. The molecule has 0 rings (SSSR count). The summed E-state index contributed by atoms with van der Waals surface area (Å²) < 4.78 is 17.0. The molecule has 0 aromatic heterocycles. The van der Waals surface area contributed by atoms with E-state index in [1.807, 2.05) is 0 Å². The Morgan fingerprint density at radius 3 is 0.744 bits per heavy atom. The molecular weight excluding hydrogens is 1010 g/mol. The van der Waals surface area contributed by atoms with E-state index in [4.69, 9.17) is 14.2 Å². The van der Waals surface area contributed by atoms with Crippen molar-refractivity contribution in [1.82, 2.24) is 0 Å². The van der Waals surface area contributed by atoms with Crippen LogP contribution in [0.3, 0.4) is 0 Å². The summed E-state index contributed by atoms with van der Waals surface area (Å²) in [4.78, 5) is 38.5. The molecule has 0 aromatic rings. The van der Waals surface area contributed by atoms with Gasteiger partial charge in [0.05, 0.1) is 0 Å². The number of hydrogen-bond acceptors (Lipinski definition) is 6. The normalized spacial score (nSPS) is 13.0. The molecule has 466 valence electrons. The van der Waals surface area contributed by atoms with Crippen LogP contribution in [0.1, 0.15) is 310 Å². The Hall–Kier alpha value is -4.45. The maximum Gasteiger partial charge on any atom is 0.306 e. The molecule has 0 aromatic carbocycles. The van der Waals surface area contributed by atoms with Crippen molar-refractivity contribution in [3.8, 4) is 0 Å². The highest BCUT2D eigenvalue weighted by Gasteiger charge is 2.19. The number of rotatable bonds is 61. The van der Waals surface area contributed by atoms with E-state index in [0.717, 1.165) is 161 Å². The van der Waals surface area contributed by atoms with Gasteiger partial charge in [0.25, 0.3) is 0 Å². The predicted octanol–water partition coefficient (Wildman–Crippen LogP) is 23.7. The summed E-state index contributed by atoms with van der Waals surface area (Å²) in [5.41, 5.74) is 0. The van der Waals surface area contributed by atoms with Crippen LogP contribution in [0.4, 0.5) is 0 Å². The first-order valence-electron chi connectivity index (χ1n) is 34.2. The monoisotopic (exact) mass is 1130 g/mol. The molecule has 6 heteroatoms. The summed E-state index contributed by atoms with van der Waals surface area (Å²) in [6, 6.07) is 0. The average Bonchev–Trinajstić information content (AvgIpc) is 3.47. The lowest BCUT2D eigenvalue weighted by Gasteiger charge is -2.18. The molecule has 0 radical (unpaired) electrons. The zero-order valence-corrected chi connectivity index (χ0v) is 53.5. The van der Waals surface area contributed by atoms with Gasteiger partial charge in [0.1, 0.15) is 13.2 Å². The van der Waals surface area contributed by atoms with Crippen LogP contribution in [0, 0.1) is 0 Å². The number of ether oxygens (including phenoxy) is 3. The van der Waals surface area contributed by atoms with Crippen molar-refractivity contribution >= 4 is 17.9 Å². The zero-order chi connectivity index (χ0) is 59.2. The van der Waals surface area contributed by atoms with Gasteiger partial charge in [-0.25, -0.2) is 0 Å². The van der Waals surface area contributed by atoms with Crippen molar-refractivity contribution in [2.75, 3.05) is 13.2 Å². The predicted molar refractivity (Wildman–Crippen MR) is 357 cm³/mol. The molecule has 0 aliphatic carbocycles. The molecule has 1 atom stereocenters. The van der Waals surface area contributed by atoms with Crippen LogP contribution in [-0.2, 0) is 28.6 Å². The van der Waals surface area contributed by atoms with Crippen LogP contribution in [0.25, 0.3) is 0 Å². The molecule has 1 unspecified atom stereocenters. The third-order valence-electron chi connectivity index (χ3n) is 14.4. The van der Waals surface area contributed by atoms with Crippen LogP contribution >= 0.6 is 0 Å². The van der Waals surface area contributed by atoms with Crippen molar-refractivity contribution in [2.24, 2.45) is 0 Å². The van der Waals surface area contributed by atoms with Gasteiger partial charge < -0.3 is 14.2 Å². The van der Waals surface area contributed by atoms with E-state index in [1.165, 1.54) is 109 Å². The van der Waals surface area contributed by atoms with Crippen molar-refractivity contribution in [2.45, 2.75) is 316 Å². The van der Waals surface area contributed by atoms with Gasteiger partial charge in [-0.2, -0.15) is 0 Å². The third kappa shape index (κ3) is 66.4. The SMILES string of the molecule is CC/C=C\C/C=C\C/C=C\C/C=C\C/C=C\C/C=C\CCCCCCCCC(=O)OCC(COC(=O)CCCCCCCCCCCCCCCCCCCC)OC(=O)CCCCCCC/C=C\C/C=C\C/C=C\C/C=C\C/C=C\CC. The Morgan fingerprint density at radius 2 is 0.476 bits per heavy atom. The fraction of sp³-hybridized carbons (Fsp3) is 0.671. The van der Waals surface area contributed by atoms with Crippen LogP contribution in [0.15, 0.2) is 134 Å². The molecule has 0 aliphatic rings. The topological polar surface area (TPSA) is 78.9 Å². The van der Waals surface area contributed by atoms with Crippen LogP contribution < -0.4 is 0 Å². The van der Waals surface area contributed by atoms with Gasteiger partial charge in [0.15, 0.2) is 6.10 Å². The summed E-state index contributed by atoms with van der Waals surface area (Å²) in [6.45, 7) is 6.41. The van der Waals surface area contributed by atoms with E-state index in [2.05, 4.69) is 154 Å². The molecular formula is C76H126O6. The average molecular weight is 1140 g/mol. The number of esters is 3. The van der Waals surface area contributed by atoms with Crippen molar-refractivity contribution in [1.29, 1.82) is 0 Å². The maximum atomic E-state index is 13.0. The number of carbonyl (C=O) groups excluding carboxylic acids is 3. The Balaban J connectivity index is 4.46. The number of hydrogen-bond donors (Lipinski definition) is 0. The molecule has 0 bridgehead atoms. The second kappa shape index (κ2) is 69.0. The molecule has 0 N–H and O–H groups in total. The molecule has 0 saturated heterocycles. The molecule has 82 heavy (non-hydrogen) atoms. The minimum Gasteiger partial charge on any atom is -0.462 e. The zero-order valence-electron chi connectivity index (χ0n) is 53.5. The first kappa shape index (κ1) is 77.5.